The van der Waals surface area contributed by atoms with Gasteiger partial charge in [-0.2, -0.15) is 5.10 Å². The standard InChI is InChI=1S/C14H10Cl2N2O2/c15-11-6-10(13(19)7-12(11)16)8-17-18-14(20)9-4-2-1-3-5-9/h1-8,19H,(H,18,20). The Morgan fingerprint density at radius 1 is 1.15 bits per heavy atom. The van der Waals surface area contributed by atoms with E-state index in [1.807, 2.05) is 6.07 Å². The van der Waals surface area contributed by atoms with Crippen LogP contribution in [0.2, 0.25) is 10.0 Å². The average Bonchev–Trinajstić information content (AvgIpc) is 2.45. The van der Waals surface area contributed by atoms with Crippen molar-refractivity contribution in [2.24, 2.45) is 5.10 Å². The van der Waals surface area contributed by atoms with E-state index in [1.54, 1.807) is 24.3 Å². The van der Waals surface area contributed by atoms with Gasteiger partial charge in [0.15, 0.2) is 0 Å². The molecule has 2 N–H and O–H groups in total. The Labute approximate surface area is 125 Å². The number of nitrogens with zero attached hydrogens (tertiary/aromatic N) is 1. The Hall–Kier alpha value is -2.04. The summed E-state index contributed by atoms with van der Waals surface area (Å²) >= 11 is 11.6. The van der Waals surface area contributed by atoms with E-state index in [1.165, 1.54) is 18.3 Å². The van der Waals surface area contributed by atoms with Gasteiger partial charge >= 0.3 is 0 Å². The molecule has 4 nitrogen and oxygen atoms in total. The van der Waals surface area contributed by atoms with Gasteiger partial charge in [0, 0.05) is 17.2 Å². The van der Waals surface area contributed by atoms with Crippen LogP contribution in [0, 0.1) is 0 Å². The van der Waals surface area contributed by atoms with Crippen LogP contribution in [0.15, 0.2) is 47.6 Å². The highest BCUT2D eigenvalue weighted by molar-refractivity contribution is 6.42. The SMILES string of the molecule is O=C(NN=Cc1cc(Cl)c(Cl)cc1O)c1ccccc1. The van der Waals surface area contributed by atoms with Gasteiger partial charge in [0.05, 0.1) is 16.3 Å². The molecule has 0 heterocycles. The van der Waals surface area contributed by atoms with Crippen molar-refractivity contribution in [2.45, 2.75) is 0 Å². The van der Waals surface area contributed by atoms with Gasteiger partial charge < -0.3 is 5.11 Å². The third-order valence-corrected chi connectivity index (χ3v) is 3.20. The molecule has 0 atom stereocenters. The molecule has 0 bridgehead atoms. The van der Waals surface area contributed by atoms with Crippen LogP contribution in [0.5, 0.6) is 5.75 Å². The third kappa shape index (κ3) is 3.50. The average molecular weight is 309 g/mol. The van der Waals surface area contributed by atoms with Crippen LogP contribution in [-0.4, -0.2) is 17.2 Å². The number of aromatic hydroxyl groups is 1. The second-order valence-corrected chi connectivity index (χ2v) is 4.70. The maximum atomic E-state index is 11.7. The maximum Gasteiger partial charge on any atom is 0.271 e. The van der Waals surface area contributed by atoms with Crippen LogP contribution in [0.4, 0.5) is 0 Å². The lowest BCUT2D eigenvalue weighted by Gasteiger charge is -2.02. The lowest BCUT2D eigenvalue weighted by atomic mass is 10.2. The van der Waals surface area contributed by atoms with E-state index in [2.05, 4.69) is 10.5 Å². The fourth-order valence-corrected chi connectivity index (χ4v) is 1.80. The van der Waals surface area contributed by atoms with Crippen molar-refractivity contribution in [3.8, 4) is 5.75 Å². The van der Waals surface area contributed by atoms with E-state index in [0.717, 1.165) is 0 Å². The van der Waals surface area contributed by atoms with Crippen molar-refractivity contribution in [2.75, 3.05) is 0 Å². The van der Waals surface area contributed by atoms with Crippen LogP contribution >= 0.6 is 23.2 Å². The normalized spacial score (nSPS) is 10.7. The molecule has 0 fully saturated rings. The zero-order valence-electron chi connectivity index (χ0n) is 10.2. The first-order valence-corrected chi connectivity index (χ1v) is 6.40. The van der Waals surface area contributed by atoms with E-state index in [-0.39, 0.29) is 16.7 Å². The van der Waals surface area contributed by atoms with Gasteiger partial charge in [-0.15, -0.1) is 0 Å². The first-order chi connectivity index (χ1) is 9.58. The number of nitrogens with one attached hydrogen (secondary N) is 1. The van der Waals surface area contributed by atoms with Crippen molar-refractivity contribution in [3.63, 3.8) is 0 Å². The van der Waals surface area contributed by atoms with E-state index < -0.39 is 0 Å². The number of carbonyl (C=O) groups excluding carboxylic acids is 1. The van der Waals surface area contributed by atoms with Crippen molar-refractivity contribution < 1.29 is 9.90 Å². The second kappa shape index (κ2) is 6.41. The van der Waals surface area contributed by atoms with Gasteiger partial charge in [0.1, 0.15) is 5.75 Å². The minimum Gasteiger partial charge on any atom is -0.507 e. The number of phenolic OH excluding ortho intramolecular Hbond substituents is 1. The number of hydrazone groups is 1. The molecule has 0 radical (unpaired) electrons. The molecule has 2 rings (SSSR count). The molecule has 0 saturated heterocycles. The molecule has 0 aliphatic carbocycles. The lowest BCUT2D eigenvalue weighted by molar-refractivity contribution is 0.0955. The molecule has 0 saturated carbocycles. The number of amides is 1. The van der Waals surface area contributed by atoms with Crippen LogP contribution in [0.25, 0.3) is 0 Å². The summed E-state index contributed by atoms with van der Waals surface area (Å²) in [7, 11) is 0. The fourth-order valence-electron chi connectivity index (χ4n) is 1.47. The van der Waals surface area contributed by atoms with E-state index >= 15 is 0 Å². The number of benzene rings is 2. The first kappa shape index (κ1) is 14.4. The van der Waals surface area contributed by atoms with Crippen LogP contribution in [-0.2, 0) is 0 Å². The molecule has 0 aliphatic rings. The van der Waals surface area contributed by atoms with Gasteiger partial charge in [-0.25, -0.2) is 5.43 Å². The Balaban J connectivity index is 2.08. The summed E-state index contributed by atoms with van der Waals surface area (Å²) in [6.45, 7) is 0. The van der Waals surface area contributed by atoms with Gasteiger partial charge in [-0.05, 0) is 18.2 Å². The second-order valence-electron chi connectivity index (χ2n) is 3.89. The molecular weight excluding hydrogens is 299 g/mol. The van der Waals surface area contributed by atoms with Crippen molar-refractivity contribution in [1.29, 1.82) is 0 Å². The Bertz CT molecular complexity index is 658. The van der Waals surface area contributed by atoms with Crippen molar-refractivity contribution in [3.05, 3.63) is 63.6 Å². The summed E-state index contributed by atoms with van der Waals surface area (Å²) in [5.41, 5.74) is 3.20. The summed E-state index contributed by atoms with van der Waals surface area (Å²) < 4.78 is 0. The smallest absolute Gasteiger partial charge is 0.271 e. The Morgan fingerprint density at radius 2 is 1.80 bits per heavy atom. The number of phenols is 1. The molecule has 0 aliphatic heterocycles. The zero-order chi connectivity index (χ0) is 14.5. The molecule has 0 spiro atoms. The molecule has 0 aromatic heterocycles. The number of hydrogen-bond donors (Lipinski definition) is 2. The summed E-state index contributed by atoms with van der Waals surface area (Å²) in [6.07, 6.45) is 1.29. The van der Waals surface area contributed by atoms with Crippen molar-refractivity contribution in [1.82, 2.24) is 5.43 Å². The molecule has 102 valence electrons. The highest BCUT2D eigenvalue weighted by atomic mass is 35.5. The minimum absolute atomic E-state index is 0.0721. The molecule has 0 unspecified atom stereocenters. The molecule has 6 heteroatoms. The van der Waals surface area contributed by atoms with E-state index in [0.29, 0.717) is 16.1 Å². The van der Waals surface area contributed by atoms with Gasteiger partial charge in [-0.1, -0.05) is 41.4 Å². The lowest BCUT2D eigenvalue weighted by Crippen LogP contribution is -2.17. The number of halogens is 2. The first-order valence-electron chi connectivity index (χ1n) is 5.64. The highest BCUT2D eigenvalue weighted by Gasteiger charge is 2.05. The fraction of sp³-hybridized carbons (Fsp3) is 0. The highest BCUT2D eigenvalue weighted by Crippen LogP contribution is 2.28. The third-order valence-electron chi connectivity index (χ3n) is 2.48. The molecular formula is C14H10Cl2N2O2. The van der Waals surface area contributed by atoms with Crippen LogP contribution < -0.4 is 5.43 Å². The summed E-state index contributed by atoms with van der Waals surface area (Å²) in [5, 5.41) is 14.0. The van der Waals surface area contributed by atoms with E-state index in [4.69, 9.17) is 23.2 Å². The summed E-state index contributed by atoms with van der Waals surface area (Å²) in [4.78, 5) is 11.7. The number of hydrogen-bond acceptors (Lipinski definition) is 3. The van der Waals surface area contributed by atoms with Crippen LogP contribution in [0.3, 0.4) is 0 Å². The monoisotopic (exact) mass is 308 g/mol. The summed E-state index contributed by atoms with van der Waals surface area (Å²) in [5.74, 6) is -0.418. The van der Waals surface area contributed by atoms with Crippen LogP contribution in [0.1, 0.15) is 15.9 Å². The van der Waals surface area contributed by atoms with Gasteiger partial charge in [-0.3, -0.25) is 4.79 Å². The van der Waals surface area contributed by atoms with Gasteiger partial charge in [0.2, 0.25) is 0 Å². The Kier molecular flexibility index (Phi) is 4.61. The zero-order valence-corrected chi connectivity index (χ0v) is 11.7. The summed E-state index contributed by atoms with van der Waals surface area (Å²) in [6, 6.07) is 11.4. The van der Waals surface area contributed by atoms with Crippen molar-refractivity contribution >= 4 is 35.3 Å². The molecule has 2 aromatic rings. The molecule has 20 heavy (non-hydrogen) atoms. The predicted octanol–water partition coefficient (Wildman–Crippen LogP) is 3.46. The minimum atomic E-state index is -0.346. The number of rotatable bonds is 3. The maximum absolute atomic E-state index is 11.7. The topological polar surface area (TPSA) is 61.7 Å². The number of carbonyl (C=O) groups is 1. The van der Waals surface area contributed by atoms with E-state index in [9.17, 15) is 9.90 Å². The Morgan fingerprint density at radius 3 is 2.50 bits per heavy atom. The van der Waals surface area contributed by atoms with Gasteiger partial charge in [0.25, 0.3) is 5.91 Å². The molecule has 2 aromatic carbocycles. The molecule has 1 amide bonds. The largest absolute Gasteiger partial charge is 0.507 e. The predicted molar refractivity (Wildman–Crippen MR) is 79.6 cm³/mol. The quantitative estimate of drug-likeness (QED) is 0.674.